The molecule has 2 aromatic carbocycles. The van der Waals surface area contributed by atoms with E-state index in [1.165, 1.54) is 10.1 Å². The number of rotatable bonds is 2. The van der Waals surface area contributed by atoms with Gasteiger partial charge in [-0.1, -0.05) is 35.9 Å². The largest absolute Gasteiger partial charge is 0.143 e. The average Bonchev–Trinajstić information content (AvgIpc) is 2.85. The minimum Gasteiger partial charge on any atom is -0.143 e. The molecule has 0 saturated heterocycles. The molecule has 0 fully saturated rings. The Morgan fingerprint density at radius 2 is 1.89 bits per heavy atom. The Kier molecular flexibility index (Phi) is 3.86. The Labute approximate surface area is 134 Å². The number of hydrogen-bond donors (Lipinski definition) is 0. The second-order valence-electron chi connectivity index (χ2n) is 4.22. The Morgan fingerprint density at radius 1 is 1.11 bits per heavy atom. The fourth-order valence-corrected chi connectivity index (χ4v) is 3.94. The highest BCUT2D eigenvalue weighted by Crippen LogP contribution is 2.38. The summed E-state index contributed by atoms with van der Waals surface area (Å²) in [6.07, 6.45) is 0. The van der Waals surface area contributed by atoms with Gasteiger partial charge in [0.05, 0.1) is 10.4 Å². The molecular formula is C15H9BrCl2S. The van der Waals surface area contributed by atoms with Crippen molar-refractivity contribution < 1.29 is 0 Å². The lowest BCUT2D eigenvalue weighted by Crippen LogP contribution is -1.92. The van der Waals surface area contributed by atoms with Gasteiger partial charge in [0.15, 0.2) is 0 Å². The lowest BCUT2D eigenvalue weighted by molar-refractivity contribution is 1.17. The van der Waals surface area contributed by atoms with Gasteiger partial charge in [0.25, 0.3) is 0 Å². The van der Waals surface area contributed by atoms with Crippen LogP contribution in [0.3, 0.4) is 0 Å². The Bertz CT molecular complexity index is 736. The third-order valence-corrected chi connectivity index (χ3v) is 5.70. The molecule has 1 aromatic heterocycles. The molecule has 0 nitrogen and oxygen atoms in total. The van der Waals surface area contributed by atoms with E-state index in [2.05, 4.69) is 33.4 Å². The summed E-state index contributed by atoms with van der Waals surface area (Å²) >= 11 is 17.8. The maximum Gasteiger partial charge on any atom is 0.0849 e. The SMILES string of the molecule is Clc1ccc(C(Cl)c2csc3ccccc23)cc1Br. The van der Waals surface area contributed by atoms with Crippen LogP contribution in [-0.4, -0.2) is 0 Å². The van der Waals surface area contributed by atoms with Crippen LogP contribution in [0.4, 0.5) is 0 Å². The van der Waals surface area contributed by atoms with E-state index in [1.54, 1.807) is 11.3 Å². The van der Waals surface area contributed by atoms with Crippen molar-refractivity contribution in [3.05, 3.63) is 68.5 Å². The number of benzene rings is 2. The van der Waals surface area contributed by atoms with Crippen molar-refractivity contribution in [2.45, 2.75) is 5.38 Å². The molecule has 96 valence electrons. The zero-order valence-corrected chi connectivity index (χ0v) is 13.7. The Morgan fingerprint density at radius 3 is 2.68 bits per heavy atom. The molecule has 0 bridgehead atoms. The number of alkyl halides is 1. The third-order valence-electron chi connectivity index (χ3n) is 3.02. The lowest BCUT2D eigenvalue weighted by atomic mass is 10.0. The normalized spacial score (nSPS) is 12.8. The summed E-state index contributed by atoms with van der Waals surface area (Å²) in [6, 6.07) is 14.1. The van der Waals surface area contributed by atoms with Crippen molar-refractivity contribution in [1.29, 1.82) is 0 Å². The highest BCUT2D eigenvalue weighted by molar-refractivity contribution is 9.10. The monoisotopic (exact) mass is 370 g/mol. The molecule has 19 heavy (non-hydrogen) atoms. The van der Waals surface area contributed by atoms with Crippen molar-refractivity contribution in [3.8, 4) is 0 Å². The van der Waals surface area contributed by atoms with E-state index in [4.69, 9.17) is 23.2 Å². The zero-order valence-electron chi connectivity index (χ0n) is 9.74. The minimum atomic E-state index is -0.162. The van der Waals surface area contributed by atoms with Gasteiger partial charge in [-0.05, 0) is 56.0 Å². The molecular weight excluding hydrogens is 363 g/mol. The lowest BCUT2D eigenvalue weighted by Gasteiger charge is -2.10. The van der Waals surface area contributed by atoms with Crippen LogP contribution in [0.5, 0.6) is 0 Å². The van der Waals surface area contributed by atoms with E-state index >= 15 is 0 Å². The summed E-state index contributed by atoms with van der Waals surface area (Å²) in [5.41, 5.74) is 2.19. The van der Waals surface area contributed by atoms with E-state index < -0.39 is 0 Å². The van der Waals surface area contributed by atoms with Crippen LogP contribution in [0.25, 0.3) is 10.1 Å². The molecule has 0 saturated carbocycles. The number of halogens is 3. The van der Waals surface area contributed by atoms with Crippen molar-refractivity contribution >= 4 is 60.6 Å². The van der Waals surface area contributed by atoms with Crippen LogP contribution in [-0.2, 0) is 0 Å². The molecule has 1 atom stereocenters. The standard InChI is InChI=1S/C15H9BrCl2S/c16-12-7-9(5-6-13(12)17)15(18)11-8-19-14-4-2-1-3-10(11)14/h1-8,15H. The van der Waals surface area contributed by atoms with Gasteiger partial charge in [0.2, 0.25) is 0 Å². The van der Waals surface area contributed by atoms with E-state index in [-0.39, 0.29) is 5.38 Å². The van der Waals surface area contributed by atoms with Gasteiger partial charge < -0.3 is 0 Å². The first kappa shape index (κ1) is 13.4. The van der Waals surface area contributed by atoms with Crippen LogP contribution >= 0.6 is 50.5 Å². The summed E-state index contributed by atoms with van der Waals surface area (Å²) in [4.78, 5) is 0. The van der Waals surface area contributed by atoms with E-state index in [1.807, 2.05) is 30.3 Å². The van der Waals surface area contributed by atoms with Gasteiger partial charge in [0.1, 0.15) is 0 Å². The first-order valence-corrected chi connectivity index (χ1v) is 8.20. The van der Waals surface area contributed by atoms with Crippen molar-refractivity contribution in [2.24, 2.45) is 0 Å². The van der Waals surface area contributed by atoms with E-state index in [9.17, 15) is 0 Å². The minimum absolute atomic E-state index is 0.162. The molecule has 0 radical (unpaired) electrons. The van der Waals surface area contributed by atoms with Gasteiger partial charge in [0, 0.05) is 9.17 Å². The van der Waals surface area contributed by atoms with Crippen LogP contribution in [0.1, 0.15) is 16.5 Å². The van der Waals surface area contributed by atoms with Crippen molar-refractivity contribution in [1.82, 2.24) is 0 Å². The highest BCUT2D eigenvalue weighted by atomic mass is 79.9. The molecule has 0 amide bonds. The fraction of sp³-hybridized carbons (Fsp3) is 0.0667. The average molecular weight is 372 g/mol. The van der Waals surface area contributed by atoms with E-state index in [0.29, 0.717) is 5.02 Å². The maximum atomic E-state index is 6.62. The molecule has 1 unspecified atom stereocenters. The summed E-state index contributed by atoms with van der Waals surface area (Å²) < 4.78 is 2.13. The van der Waals surface area contributed by atoms with Gasteiger partial charge in [-0.3, -0.25) is 0 Å². The molecule has 4 heteroatoms. The number of hydrogen-bond acceptors (Lipinski definition) is 1. The molecule has 1 heterocycles. The summed E-state index contributed by atoms with van der Waals surface area (Å²) in [5, 5.41) is 3.89. The summed E-state index contributed by atoms with van der Waals surface area (Å²) in [7, 11) is 0. The van der Waals surface area contributed by atoms with Gasteiger partial charge in [-0.25, -0.2) is 0 Å². The molecule has 3 aromatic rings. The second-order valence-corrected chi connectivity index (χ2v) is 6.83. The highest BCUT2D eigenvalue weighted by Gasteiger charge is 2.16. The van der Waals surface area contributed by atoms with Gasteiger partial charge >= 0.3 is 0 Å². The first-order chi connectivity index (χ1) is 9.16. The molecule has 0 spiro atoms. The van der Waals surface area contributed by atoms with Crippen molar-refractivity contribution in [2.75, 3.05) is 0 Å². The third kappa shape index (κ3) is 2.55. The Hall–Kier alpha value is -0.540. The smallest absolute Gasteiger partial charge is 0.0849 e. The topological polar surface area (TPSA) is 0 Å². The summed E-state index contributed by atoms with van der Waals surface area (Å²) in [6.45, 7) is 0. The summed E-state index contributed by atoms with van der Waals surface area (Å²) in [5.74, 6) is 0. The van der Waals surface area contributed by atoms with Crippen molar-refractivity contribution in [3.63, 3.8) is 0 Å². The molecule has 0 aliphatic heterocycles. The molecule has 0 aliphatic rings. The maximum absolute atomic E-state index is 6.62. The van der Waals surface area contributed by atoms with Crippen LogP contribution < -0.4 is 0 Å². The molecule has 0 aliphatic carbocycles. The number of fused-ring (bicyclic) bond motifs is 1. The van der Waals surface area contributed by atoms with Crippen LogP contribution in [0, 0.1) is 0 Å². The van der Waals surface area contributed by atoms with E-state index in [0.717, 1.165) is 15.6 Å². The van der Waals surface area contributed by atoms with Crippen LogP contribution in [0.2, 0.25) is 5.02 Å². The predicted molar refractivity (Wildman–Crippen MR) is 88.7 cm³/mol. The Balaban J connectivity index is 2.08. The number of thiophene rings is 1. The van der Waals surface area contributed by atoms with Gasteiger partial charge in [-0.2, -0.15) is 0 Å². The molecule has 0 N–H and O–H groups in total. The quantitative estimate of drug-likeness (QED) is 0.442. The fourth-order valence-electron chi connectivity index (χ4n) is 2.04. The first-order valence-electron chi connectivity index (χ1n) is 5.72. The molecule has 3 rings (SSSR count). The van der Waals surface area contributed by atoms with Crippen LogP contribution in [0.15, 0.2) is 52.3 Å². The second kappa shape index (κ2) is 5.45. The van der Waals surface area contributed by atoms with Gasteiger partial charge in [-0.15, -0.1) is 22.9 Å². The zero-order chi connectivity index (χ0) is 13.4. The predicted octanol–water partition coefficient (Wildman–Crippen LogP) is 6.65.